The van der Waals surface area contributed by atoms with Crippen LogP contribution in [0.15, 0.2) is 40.8 Å². The number of rotatable bonds is 6. The van der Waals surface area contributed by atoms with Gasteiger partial charge < -0.3 is 10.6 Å². The summed E-state index contributed by atoms with van der Waals surface area (Å²) < 4.78 is 61.3. The molecule has 1 fully saturated rings. The Morgan fingerprint density at radius 2 is 1.89 bits per heavy atom. The van der Waals surface area contributed by atoms with E-state index >= 15 is 0 Å². The Morgan fingerprint density at radius 1 is 1.26 bits per heavy atom. The van der Waals surface area contributed by atoms with Crippen molar-refractivity contribution in [3.05, 3.63) is 35.9 Å². The molecule has 27 heavy (non-hydrogen) atoms. The van der Waals surface area contributed by atoms with Crippen molar-refractivity contribution in [3.8, 4) is 0 Å². The van der Waals surface area contributed by atoms with E-state index in [1.807, 2.05) is 0 Å². The maximum Gasteiger partial charge on any atom is 0.471 e. The molecule has 2 N–H and O–H groups in total. The van der Waals surface area contributed by atoms with Gasteiger partial charge in [-0.15, -0.1) is 0 Å². The number of halogens is 3. The number of hydrogen-bond donors (Lipinski definition) is 2. The van der Waals surface area contributed by atoms with Crippen LogP contribution in [-0.2, 0) is 19.4 Å². The number of carbonyl (C=O) groups excluding carboxylic acids is 2. The standard InChI is InChI=1S/C17H19F3N2O4S/c1-11(9-13-3-2-8-21-13)15(23)10-27(25,26)14-6-4-12(5-7-14)22-16(24)17(18,19)20/h4-7,9,13,21H,2-3,8,10H2,1H3,(H,22,24)/b11-9+/t13-/m0/s1. The highest BCUT2D eigenvalue weighted by Crippen LogP contribution is 2.20. The number of amides is 1. The Balaban J connectivity index is 2.05. The summed E-state index contributed by atoms with van der Waals surface area (Å²) in [5, 5.41) is 4.79. The third-order valence-corrected chi connectivity index (χ3v) is 5.67. The number of nitrogens with one attached hydrogen (secondary N) is 2. The fourth-order valence-electron chi connectivity index (χ4n) is 2.57. The lowest BCUT2D eigenvalue weighted by molar-refractivity contribution is -0.167. The molecule has 1 saturated heterocycles. The van der Waals surface area contributed by atoms with E-state index in [0.29, 0.717) is 5.57 Å². The Morgan fingerprint density at radius 3 is 2.41 bits per heavy atom. The van der Waals surface area contributed by atoms with Crippen molar-refractivity contribution in [2.45, 2.75) is 36.9 Å². The molecule has 148 valence electrons. The molecule has 1 atom stereocenters. The van der Waals surface area contributed by atoms with Crippen molar-refractivity contribution in [1.29, 1.82) is 0 Å². The second-order valence-electron chi connectivity index (χ2n) is 6.21. The van der Waals surface area contributed by atoms with Crippen LogP contribution >= 0.6 is 0 Å². The number of ketones is 1. The van der Waals surface area contributed by atoms with Crippen molar-refractivity contribution in [1.82, 2.24) is 5.32 Å². The molecule has 1 amide bonds. The first kappa shape index (κ1) is 21.1. The van der Waals surface area contributed by atoms with Crippen LogP contribution in [0.2, 0.25) is 0 Å². The average Bonchev–Trinajstić information content (AvgIpc) is 3.07. The molecule has 0 saturated carbocycles. The highest BCUT2D eigenvalue weighted by molar-refractivity contribution is 7.92. The van der Waals surface area contributed by atoms with Gasteiger partial charge in [-0.05, 0) is 56.1 Å². The van der Waals surface area contributed by atoms with Crippen molar-refractivity contribution in [3.63, 3.8) is 0 Å². The summed E-state index contributed by atoms with van der Waals surface area (Å²) in [5.74, 6) is -3.44. The maximum absolute atomic E-state index is 12.3. The van der Waals surface area contributed by atoms with Gasteiger partial charge in [-0.3, -0.25) is 9.59 Å². The number of alkyl halides is 3. The minimum Gasteiger partial charge on any atom is -0.318 e. The normalized spacial score (nSPS) is 18.4. The van der Waals surface area contributed by atoms with Crippen molar-refractivity contribution >= 4 is 27.2 Å². The second kappa shape index (κ2) is 8.22. The van der Waals surface area contributed by atoms with Gasteiger partial charge in [0.2, 0.25) is 0 Å². The van der Waals surface area contributed by atoms with Crippen LogP contribution in [0.4, 0.5) is 18.9 Å². The molecule has 2 rings (SSSR count). The smallest absolute Gasteiger partial charge is 0.318 e. The Kier molecular flexibility index (Phi) is 6.42. The van der Waals surface area contributed by atoms with Crippen LogP contribution < -0.4 is 10.6 Å². The Hall–Kier alpha value is -2.20. The first-order chi connectivity index (χ1) is 12.5. The second-order valence-corrected chi connectivity index (χ2v) is 8.20. The summed E-state index contributed by atoms with van der Waals surface area (Å²) in [6, 6.07) is 4.21. The van der Waals surface area contributed by atoms with E-state index in [1.165, 1.54) is 0 Å². The molecule has 1 aromatic rings. The summed E-state index contributed by atoms with van der Waals surface area (Å²) in [4.78, 5) is 22.8. The predicted molar refractivity (Wildman–Crippen MR) is 93.0 cm³/mol. The molecule has 0 aliphatic carbocycles. The monoisotopic (exact) mass is 404 g/mol. The number of hydrogen-bond acceptors (Lipinski definition) is 5. The zero-order valence-corrected chi connectivity index (χ0v) is 15.3. The van der Waals surface area contributed by atoms with Gasteiger partial charge in [-0.1, -0.05) is 6.08 Å². The summed E-state index contributed by atoms with van der Waals surface area (Å²) in [5.41, 5.74) is 0.137. The Bertz CT molecular complexity index is 840. The summed E-state index contributed by atoms with van der Waals surface area (Å²) >= 11 is 0. The lowest BCUT2D eigenvalue weighted by Gasteiger charge is -2.10. The lowest BCUT2D eigenvalue weighted by Crippen LogP contribution is -2.29. The number of carbonyl (C=O) groups is 2. The number of sulfone groups is 1. The zero-order valence-electron chi connectivity index (χ0n) is 14.5. The number of benzene rings is 1. The fraction of sp³-hybridized carbons (Fsp3) is 0.412. The molecule has 0 unspecified atom stereocenters. The highest BCUT2D eigenvalue weighted by atomic mass is 32.2. The molecule has 0 spiro atoms. The summed E-state index contributed by atoms with van der Waals surface area (Å²) in [6.07, 6.45) is -1.48. The van der Waals surface area contributed by atoms with Crippen LogP contribution in [-0.4, -0.2) is 44.6 Å². The number of Topliss-reactive ketones (excluding diaryl/α,β-unsaturated/α-hetero) is 1. The van der Waals surface area contributed by atoms with Gasteiger partial charge in [0.25, 0.3) is 0 Å². The maximum atomic E-state index is 12.3. The highest BCUT2D eigenvalue weighted by Gasteiger charge is 2.38. The van der Waals surface area contributed by atoms with Crippen LogP contribution in [0.25, 0.3) is 0 Å². The van der Waals surface area contributed by atoms with E-state index in [-0.39, 0.29) is 16.6 Å². The molecule has 1 aromatic carbocycles. The molecule has 1 aliphatic rings. The van der Waals surface area contributed by atoms with E-state index in [0.717, 1.165) is 43.7 Å². The van der Waals surface area contributed by atoms with Crippen LogP contribution in [0.5, 0.6) is 0 Å². The molecule has 0 aromatic heterocycles. The van der Waals surface area contributed by atoms with Crippen molar-refractivity contribution in [2.75, 3.05) is 17.6 Å². The molecule has 10 heteroatoms. The van der Waals surface area contributed by atoms with E-state index in [9.17, 15) is 31.2 Å². The predicted octanol–water partition coefficient (Wildman–Crippen LogP) is 2.23. The molecular weight excluding hydrogens is 385 g/mol. The van der Waals surface area contributed by atoms with Crippen LogP contribution in [0.1, 0.15) is 19.8 Å². The lowest BCUT2D eigenvalue weighted by atomic mass is 10.1. The summed E-state index contributed by atoms with van der Waals surface area (Å²) in [7, 11) is -3.96. The van der Waals surface area contributed by atoms with E-state index in [1.54, 1.807) is 18.3 Å². The topological polar surface area (TPSA) is 92.3 Å². The third kappa shape index (κ3) is 5.90. The molecule has 0 radical (unpaired) electrons. The quantitative estimate of drug-likeness (QED) is 0.710. The zero-order chi connectivity index (χ0) is 20.2. The molecule has 1 aliphatic heterocycles. The van der Waals surface area contributed by atoms with Gasteiger partial charge in [0, 0.05) is 11.7 Å². The van der Waals surface area contributed by atoms with Crippen LogP contribution in [0.3, 0.4) is 0 Å². The first-order valence-electron chi connectivity index (χ1n) is 8.15. The van der Waals surface area contributed by atoms with Crippen molar-refractivity contribution in [2.24, 2.45) is 0 Å². The number of anilines is 1. The average molecular weight is 404 g/mol. The van der Waals surface area contributed by atoms with E-state index < -0.39 is 33.5 Å². The van der Waals surface area contributed by atoms with Gasteiger partial charge in [-0.2, -0.15) is 13.2 Å². The van der Waals surface area contributed by atoms with Gasteiger partial charge >= 0.3 is 12.1 Å². The minimum absolute atomic E-state index is 0.0492. The van der Waals surface area contributed by atoms with E-state index in [4.69, 9.17) is 0 Å². The summed E-state index contributed by atoms with van der Waals surface area (Å²) in [6.45, 7) is 2.39. The largest absolute Gasteiger partial charge is 0.471 e. The fourth-order valence-corrected chi connectivity index (χ4v) is 3.86. The third-order valence-electron chi connectivity index (χ3n) is 4.04. The molecular formula is C17H19F3N2O4S. The first-order valence-corrected chi connectivity index (χ1v) is 9.80. The Labute approximate surface area is 154 Å². The van der Waals surface area contributed by atoms with Crippen LogP contribution in [0, 0.1) is 0 Å². The minimum atomic E-state index is -5.05. The van der Waals surface area contributed by atoms with Gasteiger partial charge in [0.1, 0.15) is 5.75 Å². The van der Waals surface area contributed by atoms with Gasteiger partial charge in [-0.25, -0.2) is 8.42 Å². The molecule has 0 bridgehead atoms. The van der Waals surface area contributed by atoms with E-state index in [2.05, 4.69) is 5.32 Å². The number of allylic oxidation sites excluding steroid dienone is 1. The van der Waals surface area contributed by atoms with Gasteiger partial charge in [0.05, 0.1) is 4.90 Å². The van der Waals surface area contributed by atoms with Crippen molar-refractivity contribution < 1.29 is 31.2 Å². The molecule has 6 nitrogen and oxygen atoms in total. The van der Waals surface area contributed by atoms with Gasteiger partial charge in [0.15, 0.2) is 15.6 Å². The SMILES string of the molecule is C/C(=C\[C@@H]1CCCN1)C(=O)CS(=O)(=O)c1ccc(NC(=O)C(F)(F)F)cc1. The molecule has 1 heterocycles.